The standard InChI is InChI=1S/C17H25N5O3S.HI/c1-13-5-7-14(8-6-13)16-22-15(12-25-16)11-20-17(18-2)19-9-4-10-21-26(3,23)24;/h5-8,12,21H,4,9-11H2,1-3H3,(H2,18,19,20);1H. The first kappa shape index (κ1) is 23.4. The van der Waals surface area contributed by atoms with E-state index in [2.05, 4.69) is 25.3 Å². The summed E-state index contributed by atoms with van der Waals surface area (Å²) in [5.74, 6) is 1.20. The highest BCUT2D eigenvalue weighted by Crippen LogP contribution is 2.18. The number of nitrogens with zero attached hydrogens (tertiary/aromatic N) is 2. The lowest BCUT2D eigenvalue weighted by molar-refractivity contribution is 0.572. The molecule has 0 spiro atoms. The predicted octanol–water partition coefficient (Wildman–Crippen LogP) is 1.87. The van der Waals surface area contributed by atoms with E-state index in [1.807, 2.05) is 31.2 Å². The van der Waals surface area contributed by atoms with E-state index < -0.39 is 10.0 Å². The van der Waals surface area contributed by atoms with Gasteiger partial charge >= 0.3 is 0 Å². The first-order valence-corrected chi connectivity index (χ1v) is 10.2. The van der Waals surface area contributed by atoms with E-state index in [1.165, 1.54) is 5.56 Å². The molecule has 2 rings (SSSR count). The molecule has 0 radical (unpaired) electrons. The number of hydrogen-bond acceptors (Lipinski definition) is 5. The molecule has 1 aromatic heterocycles. The lowest BCUT2D eigenvalue weighted by Crippen LogP contribution is -2.38. The van der Waals surface area contributed by atoms with Crippen molar-refractivity contribution in [2.45, 2.75) is 19.9 Å². The minimum atomic E-state index is -3.14. The third kappa shape index (κ3) is 8.71. The van der Waals surface area contributed by atoms with E-state index in [1.54, 1.807) is 13.3 Å². The van der Waals surface area contributed by atoms with Crippen LogP contribution in [0.5, 0.6) is 0 Å². The molecule has 8 nitrogen and oxygen atoms in total. The normalized spacial score (nSPS) is 11.7. The van der Waals surface area contributed by atoms with Crippen molar-refractivity contribution in [2.24, 2.45) is 4.99 Å². The monoisotopic (exact) mass is 507 g/mol. The number of aryl methyl sites for hydroxylation is 1. The summed E-state index contributed by atoms with van der Waals surface area (Å²) in [7, 11) is -1.47. The Morgan fingerprint density at radius 3 is 2.52 bits per heavy atom. The van der Waals surface area contributed by atoms with Gasteiger partial charge in [0.15, 0.2) is 5.96 Å². The summed E-state index contributed by atoms with van der Waals surface area (Å²) in [6.07, 6.45) is 3.41. The molecule has 0 aliphatic heterocycles. The summed E-state index contributed by atoms with van der Waals surface area (Å²) in [6, 6.07) is 7.98. The van der Waals surface area contributed by atoms with E-state index in [0.717, 1.165) is 17.5 Å². The number of guanidine groups is 1. The van der Waals surface area contributed by atoms with Gasteiger partial charge < -0.3 is 15.1 Å². The van der Waals surface area contributed by atoms with Gasteiger partial charge in [0.2, 0.25) is 15.9 Å². The molecule has 2 aromatic rings. The number of aromatic nitrogens is 1. The van der Waals surface area contributed by atoms with Crippen LogP contribution in [0.2, 0.25) is 0 Å². The molecule has 10 heteroatoms. The quantitative estimate of drug-likeness (QED) is 0.218. The van der Waals surface area contributed by atoms with Gasteiger partial charge in [0.05, 0.1) is 18.5 Å². The van der Waals surface area contributed by atoms with Crippen LogP contribution in [-0.4, -0.2) is 45.8 Å². The lowest BCUT2D eigenvalue weighted by Gasteiger charge is -2.10. The second-order valence-electron chi connectivity index (χ2n) is 5.88. The Balaban J connectivity index is 0.00000364. The van der Waals surface area contributed by atoms with Crippen LogP contribution in [0, 0.1) is 6.92 Å². The first-order valence-electron chi connectivity index (χ1n) is 8.28. The predicted molar refractivity (Wildman–Crippen MR) is 118 cm³/mol. The zero-order valence-corrected chi connectivity index (χ0v) is 18.8. The Labute approximate surface area is 177 Å². The molecule has 3 N–H and O–H groups in total. The van der Waals surface area contributed by atoms with Gasteiger partial charge in [-0.15, -0.1) is 24.0 Å². The van der Waals surface area contributed by atoms with E-state index in [4.69, 9.17) is 4.42 Å². The van der Waals surface area contributed by atoms with Gasteiger partial charge in [0, 0.05) is 25.7 Å². The summed E-state index contributed by atoms with van der Waals surface area (Å²) in [6.45, 7) is 3.48. The molecule has 27 heavy (non-hydrogen) atoms. The molecule has 0 unspecified atom stereocenters. The average molecular weight is 507 g/mol. The second-order valence-corrected chi connectivity index (χ2v) is 7.72. The summed E-state index contributed by atoms with van der Waals surface area (Å²) in [5, 5.41) is 6.26. The maximum atomic E-state index is 11.0. The minimum absolute atomic E-state index is 0. The Morgan fingerprint density at radius 2 is 1.89 bits per heavy atom. The number of rotatable bonds is 8. The third-order valence-corrected chi connectivity index (χ3v) is 4.25. The van der Waals surface area contributed by atoms with Crippen LogP contribution >= 0.6 is 24.0 Å². The highest BCUT2D eigenvalue weighted by molar-refractivity contribution is 14.0. The Morgan fingerprint density at radius 1 is 1.19 bits per heavy atom. The molecule has 0 saturated heterocycles. The smallest absolute Gasteiger partial charge is 0.226 e. The molecular weight excluding hydrogens is 481 g/mol. The summed E-state index contributed by atoms with van der Waals surface area (Å²) in [4.78, 5) is 8.59. The maximum absolute atomic E-state index is 11.0. The summed E-state index contributed by atoms with van der Waals surface area (Å²) in [5.41, 5.74) is 2.88. The highest BCUT2D eigenvalue weighted by Gasteiger charge is 2.07. The lowest BCUT2D eigenvalue weighted by atomic mass is 10.1. The minimum Gasteiger partial charge on any atom is -0.444 e. The third-order valence-electron chi connectivity index (χ3n) is 3.52. The number of aliphatic imine (C=N–C) groups is 1. The number of benzene rings is 1. The Hall–Kier alpha value is -1.66. The summed E-state index contributed by atoms with van der Waals surface area (Å²) < 4.78 is 29.9. The molecule has 1 aromatic carbocycles. The van der Waals surface area contributed by atoms with Crippen molar-refractivity contribution in [2.75, 3.05) is 26.4 Å². The van der Waals surface area contributed by atoms with Crippen molar-refractivity contribution in [3.63, 3.8) is 0 Å². The van der Waals surface area contributed by atoms with Gasteiger partial charge in [-0.3, -0.25) is 4.99 Å². The van der Waals surface area contributed by atoms with E-state index >= 15 is 0 Å². The number of halogens is 1. The second kappa shape index (κ2) is 11.2. The van der Waals surface area contributed by atoms with Crippen LogP contribution in [0.15, 0.2) is 39.9 Å². The largest absolute Gasteiger partial charge is 0.444 e. The van der Waals surface area contributed by atoms with Crippen LogP contribution in [0.1, 0.15) is 17.7 Å². The van der Waals surface area contributed by atoms with Crippen molar-refractivity contribution < 1.29 is 12.8 Å². The number of nitrogens with one attached hydrogen (secondary N) is 3. The molecule has 0 atom stereocenters. The topological polar surface area (TPSA) is 109 Å². The zero-order chi connectivity index (χ0) is 19.0. The van der Waals surface area contributed by atoms with Gasteiger partial charge in [-0.25, -0.2) is 18.1 Å². The number of hydrogen-bond donors (Lipinski definition) is 3. The van der Waals surface area contributed by atoms with E-state index in [-0.39, 0.29) is 24.0 Å². The molecule has 0 amide bonds. The Bertz CT molecular complexity index is 835. The molecule has 0 saturated carbocycles. The van der Waals surface area contributed by atoms with Crippen molar-refractivity contribution in [1.82, 2.24) is 20.3 Å². The molecule has 0 aliphatic rings. The van der Waals surface area contributed by atoms with Crippen molar-refractivity contribution in [3.8, 4) is 11.5 Å². The zero-order valence-electron chi connectivity index (χ0n) is 15.7. The van der Waals surface area contributed by atoms with E-state index in [9.17, 15) is 8.42 Å². The van der Waals surface area contributed by atoms with Crippen molar-refractivity contribution in [3.05, 3.63) is 41.8 Å². The van der Waals surface area contributed by atoms with Crippen LogP contribution in [0.4, 0.5) is 0 Å². The molecule has 150 valence electrons. The molecule has 1 heterocycles. The van der Waals surface area contributed by atoms with E-state index in [0.29, 0.717) is 37.9 Å². The highest BCUT2D eigenvalue weighted by atomic mass is 127. The first-order chi connectivity index (χ1) is 12.4. The summed E-state index contributed by atoms with van der Waals surface area (Å²) >= 11 is 0. The van der Waals surface area contributed by atoms with Crippen LogP contribution < -0.4 is 15.4 Å². The molecular formula is C17H26IN5O3S. The van der Waals surface area contributed by atoms with Crippen molar-refractivity contribution in [1.29, 1.82) is 0 Å². The maximum Gasteiger partial charge on any atom is 0.226 e. The molecule has 0 bridgehead atoms. The fourth-order valence-electron chi connectivity index (χ4n) is 2.16. The fourth-order valence-corrected chi connectivity index (χ4v) is 2.68. The average Bonchev–Trinajstić information content (AvgIpc) is 3.06. The molecule has 0 aliphatic carbocycles. The van der Waals surface area contributed by atoms with Crippen LogP contribution in [0.25, 0.3) is 11.5 Å². The van der Waals surface area contributed by atoms with Gasteiger partial charge in [-0.05, 0) is 25.5 Å². The van der Waals surface area contributed by atoms with Crippen molar-refractivity contribution >= 4 is 40.0 Å². The van der Waals surface area contributed by atoms with Gasteiger partial charge in [-0.2, -0.15) is 0 Å². The van der Waals surface area contributed by atoms with Gasteiger partial charge in [-0.1, -0.05) is 17.7 Å². The molecule has 0 fully saturated rings. The van der Waals surface area contributed by atoms with Crippen LogP contribution in [-0.2, 0) is 16.6 Å². The van der Waals surface area contributed by atoms with Gasteiger partial charge in [0.1, 0.15) is 6.26 Å². The van der Waals surface area contributed by atoms with Crippen LogP contribution in [0.3, 0.4) is 0 Å². The SMILES string of the molecule is CN=C(NCCCNS(C)(=O)=O)NCc1coc(-c2ccc(C)cc2)n1.I. The van der Waals surface area contributed by atoms with Gasteiger partial charge in [0.25, 0.3) is 0 Å². The fraction of sp³-hybridized carbons (Fsp3) is 0.412. The Kier molecular flexibility index (Phi) is 9.74. The number of sulfonamides is 1. The number of oxazole rings is 1.